The van der Waals surface area contributed by atoms with Gasteiger partial charge >= 0.3 is 0 Å². The first-order chi connectivity index (χ1) is 19.3. The number of aromatic nitrogens is 6. The molecule has 12 heteroatoms. The maximum Gasteiger partial charge on any atom is 0.253 e. The first kappa shape index (κ1) is 26.7. The molecular formula is C28H28FN9O2. The summed E-state index contributed by atoms with van der Waals surface area (Å²) in [4.78, 5) is 22.4. The van der Waals surface area contributed by atoms with Crippen molar-refractivity contribution in [2.24, 2.45) is 0 Å². The number of hydrogen-bond acceptors (Lipinski definition) is 8. The summed E-state index contributed by atoms with van der Waals surface area (Å²) >= 11 is 0. The lowest BCUT2D eigenvalue weighted by molar-refractivity contribution is -0.145. The van der Waals surface area contributed by atoms with E-state index in [0.717, 1.165) is 23.0 Å². The Bertz CT molecular complexity index is 1600. The van der Waals surface area contributed by atoms with Gasteiger partial charge < -0.3 is 15.4 Å². The van der Waals surface area contributed by atoms with Gasteiger partial charge in [-0.15, -0.1) is 0 Å². The van der Waals surface area contributed by atoms with Crippen molar-refractivity contribution in [1.29, 1.82) is 5.26 Å². The number of aromatic amines is 1. The molecular weight excluding hydrogens is 513 g/mol. The van der Waals surface area contributed by atoms with Crippen LogP contribution in [0, 0.1) is 24.1 Å². The molecule has 3 N–H and O–H groups in total. The number of hydrogen-bond donors (Lipinski definition) is 3. The summed E-state index contributed by atoms with van der Waals surface area (Å²) in [5, 5.41) is 26.8. The molecule has 11 nitrogen and oxygen atoms in total. The Morgan fingerprint density at radius 2 is 2.12 bits per heavy atom. The van der Waals surface area contributed by atoms with Gasteiger partial charge in [-0.3, -0.25) is 9.89 Å². The van der Waals surface area contributed by atoms with E-state index in [1.165, 1.54) is 18.0 Å². The Labute approximate surface area is 230 Å². The summed E-state index contributed by atoms with van der Waals surface area (Å²) in [7, 11) is 1.53. The third kappa shape index (κ3) is 5.45. The Kier molecular flexibility index (Phi) is 7.39. The average molecular weight is 542 g/mol. The molecule has 0 aromatic carbocycles. The highest BCUT2D eigenvalue weighted by atomic mass is 19.1. The van der Waals surface area contributed by atoms with E-state index in [-0.39, 0.29) is 11.9 Å². The second kappa shape index (κ2) is 11.1. The van der Waals surface area contributed by atoms with Gasteiger partial charge in [0.15, 0.2) is 17.5 Å². The minimum Gasteiger partial charge on any atom is -0.368 e. The molecule has 40 heavy (non-hydrogen) atoms. The molecule has 0 spiro atoms. The number of carbonyl (C=O) groups is 1. The van der Waals surface area contributed by atoms with Crippen LogP contribution in [-0.2, 0) is 9.53 Å². The van der Waals surface area contributed by atoms with E-state index in [1.807, 2.05) is 32.1 Å². The number of halogens is 1. The second-order valence-corrected chi connectivity index (χ2v) is 9.65. The Hall–Kier alpha value is -4.89. The first-order valence-corrected chi connectivity index (χ1v) is 12.7. The van der Waals surface area contributed by atoms with Crippen LogP contribution in [-0.4, -0.2) is 48.6 Å². The van der Waals surface area contributed by atoms with E-state index >= 15 is 0 Å². The fourth-order valence-electron chi connectivity index (χ4n) is 4.63. The van der Waals surface area contributed by atoms with Gasteiger partial charge in [0.1, 0.15) is 17.5 Å². The highest BCUT2D eigenvalue weighted by Gasteiger charge is 2.40. The Balaban J connectivity index is 1.29. The van der Waals surface area contributed by atoms with Gasteiger partial charge in [-0.2, -0.15) is 15.5 Å². The number of pyridine rings is 2. The van der Waals surface area contributed by atoms with Crippen LogP contribution >= 0.6 is 0 Å². The van der Waals surface area contributed by atoms with E-state index in [4.69, 9.17) is 4.74 Å². The Morgan fingerprint density at radius 1 is 1.27 bits per heavy atom. The standard InChI is InChI=1S/C28H28FN9O2/c1-17-12-24(37-36-17)34-23-6-4-20(13-30)26(35-23)19-8-10-28(40-3,11-9-19)27(39)33-18(2)21-5-7-25(31-14-21)38-16-22(29)15-32-38/h4-8,12,14-16,18H,9-11H2,1-3H3,(H,33,39)(H2,34,35,36,37)/t18-,28?/m0/s1. The van der Waals surface area contributed by atoms with Crippen molar-refractivity contribution in [2.45, 2.75) is 44.8 Å². The lowest BCUT2D eigenvalue weighted by Gasteiger charge is -2.35. The molecule has 1 aliphatic rings. The summed E-state index contributed by atoms with van der Waals surface area (Å²) < 4.78 is 20.4. The van der Waals surface area contributed by atoms with Gasteiger partial charge in [0.25, 0.3) is 5.91 Å². The zero-order valence-electron chi connectivity index (χ0n) is 22.3. The van der Waals surface area contributed by atoms with Crippen molar-refractivity contribution in [3.05, 3.63) is 83.3 Å². The van der Waals surface area contributed by atoms with Gasteiger partial charge in [0.2, 0.25) is 0 Å². The molecule has 0 fully saturated rings. The molecule has 0 saturated carbocycles. The number of rotatable bonds is 8. The quantitative estimate of drug-likeness (QED) is 0.300. The number of amides is 1. The predicted molar refractivity (Wildman–Crippen MR) is 145 cm³/mol. The number of nitrogens with zero attached hydrogens (tertiary/aromatic N) is 6. The summed E-state index contributed by atoms with van der Waals surface area (Å²) in [6.07, 6.45) is 7.13. The molecule has 0 saturated heterocycles. The van der Waals surface area contributed by atoms with Crippen molar-refractivity contribution in [3.63, 3.8) is 0 Å². The molecule has 0 radical (unpaired) electrons. The maximum atomic E-state index is 13.4. The molecule has 1 amide bonds. The maximum absolute atomic E-state index is 13.4. The van der Waals surface area contributed by atoms with E-state index in [2.05, 4.69) is 42.0 Å². The predicted octanol–water partition coefficient (Wildman–Crippen LogP) is 4.28. The molecule has 4 heterocycles. The first-order valence-electron chi connectivity index (χ1n) is 12.7. The number of allylic oxidation sites excluding steroid dienone is 1. The molecule has 1 aliphatic carbocycles. The minimum absolute atomic E-state index is 0.242. The molecule has 204 valence electrons. The number of ether oxygens (including phenoxy) is 1. The van der Waals surface area contributed by atoms with Gasteiger partial charge in [-0.1, -0.05) is 12.1 Å². The highest BCUT2D eigenvalue weighted by molar-refractivity contribution is 5.87. The number of nitrogens with one attached hydrogen (secondary N) is 3. The average Bonchev–Trinajstić information content (AvgIpc) is 3.60. The van der Waals surface area contributed by atoms with Gasteiger partial charge in [0.05, 0.1) is 29.7 Å². The smallest absolute Gasteiger partial charge is 0.253 e. The zero-order chi connectivity index (χ0) is 28.3. The second-order valence-electron chi connectivity index (χ2n) is 9.65. The van der Waals surface area contributed by atoms with Gasteiger partial charge in [-0.05, 0) is 56.0 Å². The van der Waals surface area contributed by atoms with Crippen LogP contribution in [0.4, 0.5) is 16.0 Å². The van der Waals surface area contributed by atoms with Crippen LogP contribution in [0.1, 0.15) is 54.7 Å². The SMILES string of the molecule is COC1(C(=O)N[C@@H](C)c2ccc(-n3cc(F)cn3)nc2)CC=C(c2nc(Nc3cc(C)[nH]n3)ccc2C#N)CC1. The lowest BCUT2D eigenvalue weighted by atomic mass is 9.82. The molecule has 5 rings (SSSR count). The fourth-order valence-corrected chi connectivity index (χ4v) is 4.63. The van der Waals surface area contributed by atoms with E-state index in [0.29, 0.717) is 48.0 Å². The number of carbonyl (C=O) groups excluding carboxylic acids is 1. The summed E-state index contributed by atoms with van der Waals surface area (Å²) in [6.45, 7) is 3.76. The van der Waals surface area contributed by atoms with Crippen LogP contribution in [0.15, 0.2) is 55.0 Å². The zero-order valence-corrected chi connectivity index (χ0v) is 22.3. The van der Waals surface area contributed by atoms with Crippen molar-refractivity contribution in [1.82, 2.24) is 35.3 Å². The molecule has 4 aromatic rings. The third-order valence-corrected chi connectivity index (χ3v) is 6.97. The summed E-state index contributed by atoms with van der Waals surface area (Å²) in [6, 6.07) is 10.7. The Morgan fingerprint density at radius 3 is 2.73 bits per heavy atom. The highest BCUT2D eigenvalue weighted by Crippen LogP contribution is 2.36. The normalized spacial score (nSPS) is 17.5. The lowest BCUT2D eigenvalue weighted by Crippen LogP contribution is -2.49. The molecule has 2 atom stereocenters. The summed E-state index contributed by atoms with van der Waals surface area (Å²) in [5.41, 5.74) is 2.53. The monoisotopic (exact) mass is 541 g/mol. The van der Waals surface area contributed by atoms with Crippen LogP contribution in [0.3, 0.4) is 0 Å². The van der Waals surface area contributed by atoms with Crippen molar-refractivity contribution >= 4 is 23.1 Å². The van der Waals surface area contributed by atoms with E-state index in [9.17, 15) is 14.4 Å². The van der Waals surface area contributed by atoms with Crippen molar-refractivity contribution < 1.29 is 13.9 Å². The van der Waals surface area contributed by atoms with Crippen molar-refractivity contribution in [3.8, 4) is 11.9 Å². The fraction of sp³-hybridized carbons (Fsp3) is 0.286. The minimum atomic E-state index is -1.06. The van der Waals surface area contributed by atoms with E-state index < -0.39 is 11.4 Å². The van der Waals surface area contributed by atoms with Crippen molar-refractivity contribution in [2.75, 3.05) is 12.4 Å². The van der Waals surface area contributed by atoms with Gasteiger partial charge in [0, 0.05) is 31.5 Å². The van der Waals surface area contributed by atoms with Crippen LogP contribution < -0.4 is 10.6 Å². The van der Waals surface area contributed by atoms with Crippen LogP contribution in [0.5, 0.6) is 0 Å². The number of aryl methyl sites for hydroxylation is 1. The molecule has 4 aromatic heterocycles. The number of anilines is 2. The summed E-state index contributed by atoms with van der Waals surface area (Å²) in [5.74, 6) is 0.966. The third-order valence-electron chi connectivity index (χ3n) is 6.97. The van der Waals surface area contributed by atoms with Crippen LogP contribution in [0.25, 0.3) is 11.4 Å². The largest absolute Gasteiger partial charge is 0.368 e. The number of nitriles is 1. The van der Waals surface area contributed by atoms with E-state index in [1.54, 1.807) is 24.4 Å². The van der Waals surface area contributed by atoms with Gasteiger partial charge in [-0.25, -0.2) is 19.0 Å². The molecule has 0 aliphatic heterocycles. The molecule has 1 unspecified atom stereocenters. The topological polar surface area (TPSA) is 146 Å². The van der Waals surface area contributed by atoms with Crippen LogP contribution in [0.2, 0.25) is 0 Å². The number of H-pyrrole nitrogens is 1. The molecule has 0 bridgehead atoms. The number of methoxy groups -OCH3 is 1.